The summed E-state index contributed by atoms with van der Waals surface area (Å²) in [5.41, 5.74) is -0.233. The van der Waals surface area contributed by atoms with Crippen LogP contribution in [-0.4, -0.2) is 20.7 Å². The lowest BCUT2D eigenvalue weighted by atomic mass is 10.3. The van der Waals surface area contributed by atoms with Gasteiger partial charge in [0.25, 0.3) is 5.69 Å². The molecule has 0 aliphatic carbocycles. The van der Waals surface area contributed by atoms with Crippen LogP contribution < -0.4 is 0 Å². The van der Waals surface area contributed by atoms with Crippen molar-refractivity contribution in [2.24, 2.45) is 0 Å². The highest BCUT2D eigenvalue weighted by molar-refractivity contribution is 9.10. The second kappa shape index (κ2) is 6.38. The summed E-state index contributed by atoms with van der Waals surface area (Å²) in [6, 6.07) is 7.47. The smallest absolute Gasteiger partial charge is 0.285 e. The van der Waals surface area contributed by atoms with Gasteiger partial charge in [0.2, 0.25) is 0 Å². The maximum atomic E-state index is 12.2. The lowest BCUT2D eigenvalue weighted by Crippen LogP contribution is -2.11. The SMILES string of the molecule is O=C(CS(=O)c1ccccc1[N+](=O)[O-])c1sccc1Br. The molecule has 1 unspecified atom stereocenters. The van der Waals surface area contributed by atoms with Crippen molar-refractivity contribution in [2.75, 3.05) is 5.75 Å². The summed E-state index contributed by atoms with van der Waals surface area (Å²) in [4.78, 5) is 22.8. The van der Waals surface area contributed by atoms with Crippen LogP contribution in [0.2, 0.25) is 0 Å². The summed E-state index contributed by atoms with van der Waals surface area (Å²) in [7, 11) is -1.74. The van der Waals surface area contributed by atoms with Gasteiger partial charge in [-0.05, 0) is 33.4 Å². The number of ketones is 1. The highest BCUT2D eigenvalue weighted by Crippen LogP contribution is 2.26. The van der Waals surface area contributed by atoms with Crippen molar-refractivity contribution >= 4 is 49.5 Å². The van der Waals surface area contributed by atoms with Gasteiger partial charge in [-0.15, -0.1) is 11.3 Å². The average Bonchev–Trinajstić information content (AvgIpc) is 2.85. The van der Waals surface area contributed by atoms with Crippen molar-refractivity contribution in [1.29, 1.82) is 0 Å². The molecule has 1 heterocycles. The number of halogens is 1. The Balaban J connectivity index is 2.23. The Kier molecular flexibility index (Phi) is 4.79. The molecule has 1 atom stereocenters. The van der Waals surface area contributed by atoms with Gasteiger partial charge in [-0.2, -0.15) is 0 Å². The molecule has 0 bridgehead atoms. The summed E-state index contributed by atoms with van der Waals surface area (Å²) in [6.45, 7) is 0. The minimum atomic E-state index is -1.74. The van der Waals surface area contributed by atoms with Crippen LogP contribution in [0.4, 0.5) is 5.69 Å². The third-order valence-electron chi connectivity index (χ3n) is 2.44. The fourth-order valence-electron chi connectivity index (χ4n) is 1.56. The van der Waals surface area contributed by atoms with Crippen molar-refractivity contribution in [3.63, 3.8) is 0 Å². The monoisotopic (exact) mass is 373 g/mol. The molecule has 0 aliphatic heterocycles. The molecule has 2 rings (SSSR count). The Hall–Kier alpha value is -1.38. The molecule has 104 valence electrons. The van der Waals surface area contributed by atoms with Gasteiger partial charge in [-0.1, -0.05) is 12.1 Å². The summed E-state index contributed by atoms with van der Waals surface area (Å²) < 4.78 is 12.8. The van der Waals surface area contributed by atoms with E-state index in [2.05, 4.69) is 15.9 Å². The highest BCUT2D eigenvalue weighted by atomic mass is 79.9. The van der Waals surface area contributed by atoms with Gasteiger partial charge in [0.1, 0.15) is 4.90 Å². The van der Waals surface area contributed by atoms with E-state index in [0.29, 0.717) is 9.35 Å². The molecule has 1 aromatic carbocycles. The van der Waals surface area contributed by atoms with Crippen LogP contribution in [0.5, 0.6) is 0 Å². The molecule has 5 nitrogen and oxygen atoms in total. The van der Waals surface area contributed by atoms with Crippen LogP contribution in [0.1, 0.15) is 9.67 Å². The number of nitro groups is 1. The minimum Gasteiger partial charge on any atom is -0.292 e. The Morgan fingerprint density at radius 2 is 2.05 bits per heavy atom. The number of nitrogens with zero attached hydrogens (tertiary/aromatic N) is 1. The van der Waals surface area contributed by atoms with Crippen molar-refractivity contribution < 1.29 is 13.9 Å². The van der Waals surface area contributed by atoms with Gasteiger partial charge >= 0.3 is 0 Å². The second-order valence-electron chi connectivity index (χ2n) is 3.74. The van der Waals surface area contributed by atoms with E-state index in [-0.39, 0.29) is 22.1 Å². The molecular formula is C12H8BrNO4S2. The number of benzene rings is 1. The first-order valence-electron chi connectivity index (χ1n) is 5.38. The van der Waals surface area contributed by atoms with Gasteiger partial charge in [0.15, 0.2) is 5.78 Å². The molecule has 0 radical (unpaired) electrons. The van der Waals surface area contributed by atoms with E-state index < -0.39 is 15.7 Å². The first-order chi connectivity index (χ1) is 9.50. The molecule has 0 N–H and O–H groups in total. The third kappa shape index (κ3) is 3.20. The lowest BCUT2D eigenvalue weighted by molar-refractivity contribution is -0.387. The Bertz CT molecular complexity index is 698. The van der Waals surface area contributed by atoms with Crippen LogP contribution in [-0.2, 0) is 10.8 Å². The van der Waals surface area contributed by atoms with Crippen LogP contribution in [0, 0.1) is 10.1 Å². The van der Waals surface area contributed by atoms with E-state index in [4.69, 9.17) is 0 Å². The number of nitro benzene ring substituents is 1. The first kappa shape index (κ1) is 15.0. The summed E-state index contributed by atoms with van der Waals surface area (Å²) in [5.74, 6) is -0.576. The minimum absolute atomic E-state index is 0.0681. The summed E-state index contributed by atoms with van der Waals surface area (Å²) in [6.07, 6.45) is 0. The molecule has 0 saturated carbocycles. The van der Waals surface area contributed by atoms with E-state index in [1.54, 1.807) is 17.5 Å². The summed E-state index contributed by atoms with van der Waals surface area (Å²) in [5, 5.41) is 12.6. The number of carbonyl (C=O) groups excluding carboxylic acids is 1. The number of para-hydroxylation sites is 1. The van der Waals surface area contributed by atoms with E-state index in [1.165, 1.54) is 29.5 Å². The number of hydrogen-bond acceptors (Lipinski definition) is 5. The fraction of sp³-hybridized carbons (Fsp3) is 0.0833. The van der Waals surface area contributed by atoms with Gasteiger partial charge in [0.05, 0.1) is 26.4 Å². The van der Waals surface area contributed by atoms with E-state index in [9.17, 15) is 19.1 Å². The summed E-state index contributed by atoms with van der Waals surface area (Å²) >= 11 is 4.47. The quantitative estimate of drug-likeness (QED) is 0.457. The lowest BCUT2D eigenvalue weighted by Gasteiger charge is -2.02. The van der Waals surface area contributed by atoms with Crippen LogP contribution in [0.25, 0.3) is 0 Å². The number of carbonyl (C=O) groups is 1. The molecule has 0 fully saturated rings. The zero-order valence-electron chi connectivity index (χ0n) is 9.95. The third-order valence-corrected chi connectivity index (χ3v) is 5.68. The Morgan fingerprint density at radius 1 is 1.35 bits per heavy atom. The molecule has 0 amide bonds. The standard InChI is InChI=1S/C12H8BrNO4S2/c13-8-5-6-19-12(8)10(15)7-20(18)11-4-2-1-3-9(11)14(16)17/h1-6H,7H2. The van der Waals surface area contributed by atoms with E-state index in [0.717, 1.165) is 0 Å². The van der Waals surface area contributed by atoms with Gasteiger partial charge in [0, 0.05) is 10.5 Å². The second-order valence-corrected chi connectivity index (χ2v) is 6.93. The van der Waals surface area contributed by atoms with Crippen LogP contribution >= 0.6 is 27.3 Å². The van der Waals surface area contributed by atoms with Gasteiger partial charge in [-0.3, -0.25) is 19.1 Å². The molecule has 8 heteroatoms. The number of rotatable bonds is 5. The normalized spacial score (nSPS) is 12.1. The zero-order valence-corrected chi connectivity index (χ0v) is 13.2. The van der Waals surface area contributed by atoms with E-state index in [1.807, 2.05) is 0 Å². The molecule has 20 heavy (non-hydrogen) atoms. The topological polar surface area (TPSA) is 77.3 Å². The molecule has 0 saturated heterocycles. The Labute approximate surface area is 129 Å². The van der Waals surface area contributed by atoms with Crippen molar-refractivity contribution in [2.45, 2.75) is 4.90 Å². The largest absolute Gasteiger partial charge is 0.292 e. The van der Waals surface area contributed by atoms with E-state index >= 15 is 0 Å². The van der Waals surface area contributed by atoms with Crippen LogP contribution in [0.15, 0.2) is 45.1 Å². The maximum Gasteiger partial charge on any atom is 0.285 e. The number of hydrogen-bond donors (Lipinski definition) is 0. The molecular weight excluding hydrogens is 366 g/mol. The first-order valence-corrected chi connectivity index (χ1v) is 8.38. The fourth-order valence-corrected chi connectivity index (χ4v) is 4.32. The maximum absolute atomic E-state index is 12.2. The molecule has 2 aromatic rings. The van der Waals surface area contributed by atoms with Crippen molar-refractivity contribution in [3.05, 3.63) is 55.2 Å². The van der Waals surface area contributed by atoms with Crippen molar-refractivity contribution in [1.82, 2.24) is 0 Å². The predicted molar refractivity (Wildman–Crippen MR) is 80.7 cm³/mol. The Morgan fingerprint density at radius 3 is 2.65 bits per heavy atom. The van der Waals surface area contributed by atoms with Crippen LogP contribution in [0.3, 0.4) is 0 Å². The average molecular weight is 374 g/mol. The molecule has 0 spiro atoms. The predicted octanol–water partition coefficient (Wildman–Crippen LogP) is 3.41. The van der Waals surface area contributed by atoms with Gasteiger partial charge < -0.3 is 0 Å². The number of Topliss-reactive ketones (excluding diaryl/α,β-unsaturated/α-hetero) is 1. The molecule has 1 aromatic heterocycles. The zero-order chi connectivity index (χ0) is 14.7. The number of thiophene rings is 1. The molecule has 0 aliphatic rings. The van der Waals surface area contributed by atoms with Crippen molar-refractivity contribution in [3.8, 4) is 0 Å². The highest BCUT2D eigenvalue weighted by Gasteiger charge is 2.22. The van der Waals surface area contributed by atoms with Gasteiger partial charge in [-0.25, -0.2) is 0 Å².